The number of hydrogen-bond acceptors (Lipinski definition) is 12. The summed E-state index contributed by atoms with van der Waals surface area (Å²) in [6.45, 7) is 13.4. The van der Waals surface area contributed by atoms with E-state index in [1.165, 1.54) is 411 Å². The summed E-state index contributed by atoms with van der Waals surface area (Å²) in [7, 11) is 0. The van der Waals surface area contributed by atoms with Gasteiger partial charge in [-0.2, -0.15) is 0 Å². The molecule has 0 aliphatic carbocycles. The predicted octanol–water partition coefficient (Wildman–Crippen LogP) is 34.4. The Morgan fingerprint density at radius 2 is 0.229 bits per heavy atom. The van der Waals surface area contributed by atoms with Crippen LogP contribution in [-0.4, -0.2) is 74.5 Å². The number of ether oxygens (including phenoxy) is 6. The van der Waals surface area contributed by atoms with Crippen molar-refractivity contribution in [3.63, 3.8) is 0 Å². The molecular weight excluding hydrogens is 1470 g/mol. The van der Waals surface area contributed by atoms with Gasteiger partial charge in [0.15, 0.2) is 12.2 Å². The molecule has 118 heavy (non-hydrogen) atoms. The highest BCUT2D eigenvalue weighted by Crippen LogP contribution is 2.22. The van der Waals surface area contributed by atoms with E-state index in [2.05, 4.69) is 41.5 Å². The van der Waals surface area contributed by atoms with Gasteiger partial charge >= 0.3 is 35.8 Å². The van der Waals surface area contributed by atoms with E-state index in [1.54, 1.807) is 0 Å². The molecule has 2 unspecified atom stereocenters. The van der Waals surface area contributed by atoms with E-state index >= 15 is 0 Å². The molecule has 0 saturated carbocycles. The van der Waals surface area contributed by atoms with Gasteiger partial charge in [0.25, 0.3) is 0 Å². The second-order valence-electron chi connectivity index (χ2n) is 36.3. The van der Waals surface area contributed by atoms with Crippen molar-refractivity contribution in [1.29, 1.82) is 0 Å². The van der Waals surface area contributed by atoms with Gasteiger partial charge in [0.1, 0.15) is 26.4 Å². The van der Waals surface area contributed by atoms with Crippen molar-refractivity contribution in [3.8, 4) is 0 Å². The van der Waals surface area contributed by atoms with Crippen LogP contribution in [0.15, 0.2) is 0 Å². The normalized spacial score (nSPS) is 11.8. The van der Waals surface area contributed by atoms with Gasteiger partial charge < -0.3 is 28.4 Å². The average molecular weight is 1670 g/mol. The first-order valence-electron chi connectivity index (χ1n) is 53.1. The molecule has 0 radical (unpaired) electrons. The van der Waals surface area contributed by atoms with E-state index in [0.29, 0.717) is 38.5 Å². The number of unbranched alkanes of at least 4 members (excludes halogenated alkanes) is 76. The second-order valence-corrected chi connectivity index (χ2v) is 36.3. The van der Waals surface area contributed by atoms with Crippen molar-refractivity contribution in [2.24, 2.45) is 0 Å². The van der Waals surface area contributed by atoms with Crippen LogP contribution in [0.25, 0.3) is 0 Å². The molecule has 2 atom stereocenters. The van der Waals surface area contributed by atoms with Crippen LogP contribution in [0.3, 0.4) is 0 Å². The monoisotopic (exact) mass is 1670 g/mol. The minimum Gasteiger partial charge on any atom is -0.462 e. The zero-order chi connectivity index (χ0) is 85.9. The Morgan fingerprint density at radius 3 is 0.339 bits per heavy atom. The van der Waals surface area contributed by atoms with Gasteiger partial charge in [-0.3, -0.25) is 28.8 Å². The van der Waals surface area contributed by atoms with Crippen molar-refractivity contribution >= 4 is 35.8 Å². The van der Waals surface area contributed by atoms with Crippen LogP contribution in [0.5, 0.6) is 0 Å². The summed E-state index contributed by atoms with van der Waals surface area (Å²) >= 11 is 0. The largest absolute Gasteiger partial charge is 0.462 e. The molecule has 0 amide bonds. The smallest absolute Gasteiger partial charge is 0.306 e. The van der Waals surface area contributed by atoms with Crippen LogP contribution in [0.2, 0.25) is 0 Å². The van der Waals surface area contributed by atoms with Gasteiger partial charge in [-0.15, -0.1) is 0 Å². The maximum Gasteiger partial charge on any atom is 0.306 e. The van der Waals surface area contributed by atoms with Crippen LogP contribution >= 0.6 is 0 Å². The number of carbonyl (C=O) groups excluding carboxylic acids is 6. The van der Waals surface area contributed by atoms with Crippen LogP contribution in [0.1, 0.15) is 607 Å². The van der Waals surface area contributed by atoms with Gasteiger partial charge in [-0.1, -0.05) is 530 Å². The van der Waals surface area contributed by atoms with Gasteiger partial charge in [0.05, 0.1) is 0 Å². The van der Waals surface area contributed by atoms with E-state index in [4.69, 9.17) is 28.4 Å². The molecule has 0 aromatic carbocycles. The highest BCUT2D eigenvalue weighted by Gasteiger charge is 2.22. The molecule has 700 valence electrons. The van der Waals surface area contributed by atoms with Crippen LogP contribution in [0, 0.1) is 0 Å². The third kappa shape index (κ3) is 99.9. The fourth-order valence-electron chi connectivity index (χ4n) is 16.2. The summed E-state index contributed by atoms with van der Waals surface area (Å²) in [5.41, 5.74) is 0. The number of hydrogen-bond donors (Lipinski definition) is 0. The van der Waals surface area contributed by atoms with Crippen molar-refractivity contribution in [3.05, 3.63) is 0 Å². The summed E-state index contributed by atoms with van der Waals surface area (Å²) < 4.78 is 33.6. The van der Waals surface area contributed by atoms with Crippen molar-refractivity contribution in [2.75, 3.05) is 26.4 Å². The molecule has 0 rings (SSSR count). The molecule has 0 N–H and O–H groups in total. The zero-order valence-electron chi connectivity index (χ0n) is 80.1. The van der Waals surface area contributed by atoms with E-state index in [1.807, 2.05) is 0 Å². The quantitative estimate of drug-likeness (QED) is 0.0323. The Morgan fingerprint density at radius 1 is 0.136 bits per heavy atom. The maximum atomic E-state index is 12.8. The molecule has 0 saturated heterocycles. The van der Waals surface area contributed by atoms with Crippen LogP contribution in [0.4, 0.5) is 0 Å². The lowest BCUT2D eigenvalue weighted by Gasteiger charge is -2.18. The van der Waals surface area contributed by atoms with E-state index in [9.17, 15) is 28.8 Å². The molecule has 0 aliphatic rings. The fourth-order valence-corrected chi connectivity index (χ4v) is 16.2. The number of esters is 6. The lowest BCUT2D eigenvalue weighted by atomic mass is 10.0. The Bertz CT molecular complexity index is 1890. The summed E-state index contributed by atoms with van der Waals surface area (Å²) in [6, 6.07) is 0. The Labute approximate surface area is 734 Å². The van der Waals surface area contributed by atoms with Gasteiger partial charge in [-0.05, 0) is 38.5 Å². The molecule has 0 heterocycles. The zero-order valence-corrected chi connectivity index (χ0v) is 80.1. The summed E-state index contributed by atoms with van der Waals surface area (Å²) in [5, 5.41) is 0. The maximum absolute atomic E-state index is 12.8. The van der Waals surface area contributed by atoms with Crippen LogP contribution < -0.4 is 0 Å². The first kappa shape index (κ1) is 117. The second kappa shape index (κ2) is 103. The first-order chi connectivity index (χ1) is 58.1. The summed E-state index contributed by atoms with van der Waals surface area (Å²) in [4.78, 5) is 75.9. The van der Waals surface area contributed by atoms with E-state index in [-0.39, 0.29) is 62.2 Å². The topological polar surface area (TPSA) is 158 Å². The lowest BCUT2D eigenvalue weighted by Crippen LogP contribution is -2.30. The van der Waals surface area contributed by atoms with E-state index < -0.39 is 12.2 Å². The molecule has 0 fully saturated rings. The molecule has 12 nitrogen and oxygen atoms in total. The Balaban J connectivity index is 0. The van der Waals surface area contributed by atoms with Crippen molar-refractivity contribution in [2.45, 2.75) is 619 Å². The Kier molecular flexibility index (Phi) is 102. The third-order valence-electron chi connectivity index (χ3n) is 24.2. The van der Waals surface area contributed by atoms with Crippen molar-refractivity contribution < 1.29 is 57.2 Å². The molecule has 0 spiro atoms. The molecule has 0 aliphatic heterocycles. The van der Waals surface area contributed by atoms with Gasteiger partial charge in [0.2, 0.25) is 0 Å². The van der Waals surface area contributed by atoms with E-state index in [0.717, 1.165) is 116 Å². The fraction of sp³-hybridized carbons (Fsp3) is 0.943. The average Bonchev–Trinajstić information content (AvgIpc) is 0.946. The predicted molar refractivity (Wildman–Crippen MR) is 504 cm³/mol. The van der Waals surface area contributed by atoms with Gasteiger partial charge in [-0.25, -0.2) is 0 Å². The highest BCUT2D eigenvalue weighted by molar-refractivity contribution is 5.72. The highest BCUT2D eigenvalue weighted by atomic mass is 16.6. The first-order valence-corrected chi connectivity index (χ1v) is 53.1. The standard InChI is InChI=1S/2C53H102O6/c2*1-4-7-10-13-16-19-22-24-26-28-31-34-37-40-43-46-52(55)58-49-50(48-57-51(54)45-42-39-36-33-30-21-18-15-12-9-6-3)59-53(56)47-44-41-38-35-32-29-27-25-23-20-17-14-11-8-5-2/h2*50H,4-49H2,1-3H3. The third-order valence-corrected chi connectivity index (χ3v) is 24.2. The molecular formula is C106H204O12. The van der Waals surface area contributed by atoms with Crippen molar-refractivity contribution in [1.82, 2.24) is 0 Å². The minimum absolute atomic E-state index is 0.0616. The molecule has 0 aromatic rings. The van der Waals surface area contributed by atoms with Crippen LogP contribution in [-0.2, 0) is 57.2 Å². The van der Waals surface area contributed by atoms with Gasteiger partial charge in [0, 0.05) is 38.5 Å². The molecule has 0 bridgehead atoms. The summed E-state index contributed by atoms with van der Waals surface area (Å²) in [6.07, 6.45) is 104. The SMILES string of the molecule is CCCCCCCCCCCCCCCCCC(=O)OCC(COC(=O)CCCCCCCCCCCCC)OC(=O)CCCCCCCCCCCCCCCCC.CCCCCCCCCCCCCCCCCC(=O)OCC(COC(=O)CCCCCCCCCCCCC)OC(=O)CCCCCCCCCCCCCCCCC. The lowest BCUT2D eigenvalue weighted by molar-refractivity contribution is -0.167. The Hall–Kier alpha value is -3.18. The number of carbonyl (C=O) groups is 6. The minimum atomic E-state index is -0.759. The summed E-state index contributed by atoms with van der Waals surface area (Å²) in [5.74, 6) is -1.68. The molecule has 12 heteroatoms. The molecule has 0 aromatic heterocycles. The number of rotatable bonds is 98.